The van der Waals surface area contributed by atoms with E-state index in [1.54, 1.807) is 23.4 Å². The largest absolute Gasteiger partial charge is 0.490 e. The van der Waals surface area contributed by atoms with Gasteiger partial charge in [0.15, 0.2) is 11.5 Å². The van der Waals surface area contributed by atoms with Gasteiger partial charge in [0.05, 0.1) is 18.8 Å². The van der Waals surface area contributed by atoms with Crippen molar-refractivity contribution in [1.82, 2.24) is 14.8 Å². The second kappa shape index (κ2) is 11.5. The molecule has 9 heteroatoms. The van der Waals surface area contributed by atoms with Crippen LogP contribution >= 0.6 is 11.8 Å². The molecule has 0 spiro atoms. The Labute approximate surface area is 216 Å². The highest BCUT2D eigenvalue weighted by Crippen LogP contribution is 2.40. The number of nitrogens with one attached hydrogen (secondary N) is 1. The zero-order chi connectivity index (χ0) is 25.7. The molecule has 0 fully saturated rings. The molecule has 2 aromatic carbocycles. The summed E-state index contributed by atoms with van der Waals surface area (Å²) in [6.07, 6.45) is 0. The molecule has 1 aromatic heterocycles. The van der Waals surface area contributed by atoms with Crippen LogP contribution in [0.3, 0.4) is 0 Å². The Kier molecular flexibility index (Phi) is 8.20. The van der Waals surface area contributed by atoms with Gasteiger partial charge in [-0.25, -0.2) is 9.48 Å². The average molecular weight is 509 g/mol. The number of esters is 1. The molecule has 36 heavy (non-hydrogen) atoms. The predicted molar refractivity (Wildman–Crippen MR) is 141 cm³/mol. The van der Waals surface area contributed by atoms with E-state index in [9.17, 15) is 4.79 Å². The number of allylic oxidation sites excluding steroid dienone is 1. The van der Waals surface area contributed by atoms with Crippen LogP contribution < -0.4 is 14.8 Å². The highest BCUT2D eigenvalue weighted by molar-refractivity contribution is 7.99. The molecular formula is C27H32N4O4S. The number of fused-ring (bicyclic) bond motifs is 1. The number of rotatable bonds is 10. The summed E-state index contributed by atoms with van der Waals surface area (Å²) in [5, 5.41) is 8.57. The number of nitrogens with zero attached hydrogens (tertiary/aromatic N) is 3. The van der Waals surface area contributed by atoms with E-state index < -0.39 is 12.0 Å². The average Bonchev–Trinajstić information content (AvgIpc) is 3.25. The zero-order valence-electron chi connectivity index (χ0n) is 21.3. The Balaban J connectivity index is 1.73. The molecule has 1 unspecified atom stereocenters. The smallest absolute Gasteiger partial charge is 0.338 e. The number of hydrogen-bond acceptors (Lipinski definition) is 8. The summed E-state index contributed by atoms with van der Waals surface area (Å²) in [5.74, 6) is 2.27. The highest BCUT2D eigenvalue weighted by atomic mass is 32.2. The van der Waals surface area contributed by atoms with Gasteiger partial charge in [-0.3, -0.25) is 0 Å². The first kappa shape index (κ1) is 25.6. The Hall–Kier alpha value is -3.46. The van der Waals surface area contributed by atoms with Gasteiger partial charge in [0, 0.05) is 5.70 Å². The van der Waals surface area contributed by atoms with Gasteiger partial charge in [-0.05, 0) is 56.7 Å². The molecule has 190 valence electrons. The van der Waals surface area contributed by atoms with E-state index in [1.165, 1.54) is 5.56 Å². The van der Waals surface area contributed by atoms with Crippen molar-refractivity contribution in [3.8, 4) is 11.5 Å². The second-order valence-electron chi connectivity index (χ2n) is 8.30. The molecular weight excluding hydrogens is 476 g/mol. The topological polar surface area (TPSA) is 87.5 Å². The molecule has 2 heterocycles. The fourth-order valence-corrected chi connectivity index (χ4v) is 4.70. The van der Waals surface area contributed by atoms with Crippen molar-refractivity contribution in [3.05, 3.63) is 70.4 Å². The van der Waals surface area contributed by atoms with Gasteiger partial charge < -0.3 is 19.5 Å². The van der Waals surface area contributed by atoms with E-state index >= 15 is 0 Å². The van der Waals surface area contributed by atoms with Crippen molar-refractivity contribution in [2.24, 2.45) is 0 Å². The molecule has 0 saturated carbocycles. The fourth-order valence-electron chi connectivity index (χ4n) is 4.15. The van der Waals surface area contributed by atoms with E-state index in [1.807, 2.05) is 51.1 Å². The third kappa shape index (κ3) is 5.51. The summed E-state index contributed by atoms with van der Waals surface area (Å²) in [7, 11) is 0. The molecule has 1 atom stereocenters. The first-order valence-electron chi connectivity index (χ1n) is 12.1. The van der Waals surface area contributed by atoms with Gasteiger partial charge >= 0.3 is 5.97 Å². The third-order valence-corrected chi connectivity index (χ3v) is 6.38. The van der Waals surface area contributed by atoms with Crippen LogP contribution in [0.5, 0.6) is 11.5 Å². The van der Waals surface area contributed by atoms with Gasteiger partial charge in [-0.2, -0.15) is 4.98 Å². The summed E-state index contributed by atoms with van der Waals surface area (Å²) in [6.45, 7) is 10.9. The van der Waals surface area contributed by atoms with Crippen LogP contribution in [0.25, 0.3) is 0 Å². The minimum Gasteiger partial charge on any atom is -0.490 e. The Bertz CT molecular complexity index is 1270. The Morgan fingerprint density at radius 3 is 2.61 bits per heavy atom. The molecule has 0 bridgehead atoms. The van der Waals surface area contributed by atoms with Gasteiger partial charge in [0.25, 0.3) is 0 Å². The lowest BCUT2D eigenvalue weighted by atomic mass is 9.95. The van der Waals surface area contributed by atoms with Crippen LogP contribution in [0.4, 0.5) is 5.95 Å². The Morgan fingerprint density at radius 2 is 1.89 bits per heavy atom. The summed E-state index contributed by atoms with van der Waals surface area (Å²) >= 11 is 1.54. The number of aryl methyl sites for hydroxylation is 1. The maximum Gasteiger partial charge on any atom is 0.338 e. The van der Waals surface area contributed by atoms with Crippen molar-refractivity contribution in [2.45, 2.75) is 52.4 Å². The lowest BCUT2D eigenvalue weighted by Gasteiger charge is -2.28. The van der Waals surface area contributed by atoms with E-state index in [0.717, 1.165) is 16.9 Å². The highest BCUT2D eigenvalue weighted by Gasteiger charge is 2.35. The lowest BCUT2D eigenvalue weighted by Crippen LogP contribution is -2.29. The van der Waals surface area contributed by atoms with Gasteiger partial charge in [-0.15, -0.1) is 5.10 Å². The number of carbonyl (C=O) groups is 1. The maximum absolute atomic E-state index is 13.1. The van der Waals surface area contributed by atoms with Crippen molar-refractivity contribution >= 4 is 23.7 Å². The molecule has 0 aliphatic carbocycles. The predicted octanol–water partition coefficient (Wildman–Crippen LogP) is 5.53. The molecule has 1 aliphatic rings. The Morgan fingerprint density at radius 1 is 1.06 bits per heavy atom. The van der Waals surface area contributed by atoms with Crippen LogP contribution in [0, 0.1) is 6.92 Å². The molecule has 0 radical (unpaired) electrons. The normalized spacial score (nSPS) is 14.8. The van der Waals surface area contributed by atoms with Crippen molar-refractivity contribution in [1.29, 1.82) is 0 Å². The number of anilines is 1. The summed E-state index contributed by atoms with van der Waals surface area (Å²) in [5.41, 5.74) is 4.25. The molecule has 0 saturated heterocycles. The van der Waals surface area contributed by atoms with Gasteiger partial charge in [-0.1, -0.05) is 54.6 Å². The third-order valence-electron chi connectivity index (χ3n) is 5.66. The minimum absolute atomic E-state index is 0.277. The lowest BCUT2D eigenvalue weighted by molar-refractivity contribution is -0.139. The van der Waals surface area contributed by atoms with Crippen LogP contribution in [-0.4, -0.2) is 39.7 Å². The number of thioether (sulfide) groups is 1. The molecule has 1 N–H and O–H groups in total. The first-order valence-corrected chi connectivity index (χ1v) is 13.1. The number of hydrogen-bond donors (Lipinski definition) is 1. The quantitative estimate of drug-likeness (QED) is 0.283. The second-order valence-corrected chi connectivity index (χ2v) is 9.53. The van der Waals surface area contributed by atoms with E-state index in [4.69, 9.17) is 19.3 Å². The number of ether oxygens (including phenoxy) is 3. The fraction of sp³-hybridized carbons (Fsp3) is 0.370. The molecule has 4 rings (SSSR count). The van der Waals surface area contributed by atoms with Crippen LogP contribution in [0.1, 0.15) is 50.4 Å². The minimum atomic E-state index is -0.524. The monoisotopic (exact) mass is 508 g/mol. The van der Waals surface area contributed by atoms with Gasteiger partial charge in [0.2, 0.25) is 11.1 Å². The molecule has 3 aromatic rings. The molecule has 8 nitrogen and oxygen atoms in total. The van der Waals surface area contributed by atoms with Crippen molar-refractivity contribution < 1.29 is 19.0 Å². The summed E-state index contributed by atoms with van der Waals surface area (Å²) in [6, 6.07) is 13.4. The maximum atomic E-state index is 13.1. The van der Waals surface area contributed by atoms with Crippen LogP contribution in [-0.2, 0) is 16.1 Å². The molecule has 1 aliphatic heterocycles. The van der Waals surface area contributed by atoms with Crippen LogP contribution in [0.2, 0.25) is 0 Å². The SMILES string of the molecule is CCOC(=O)C1=C(C)Nc2nc(SCC)nn2C1c1ccc(OCc2cccc(C)c2)c(OCC)c1. The van der Waals surface area contributed by atoms with Crippen molar-refractivity contribution in [3.63, 3.8) is 0 Å². The summed E-state index contributed by atoms with van der Waals surface area (Å²) < 4.78 is 19.3. The zero-order valence-corrected chi connectivity index (χ0v) is 22.1. The van der Waals surface area contributed by atoms with E-state index in [0.29, 0.717) is 47.1 Å². The molecule has 0 amide bonds. The van der Waals surface area contributed by atoms with E-state index in [2.05, 4.69) is 29.4 Å². The number of aromatic nitrogens is 3. The number of benzene rings is 2. The van der Waals surface area contributed by atoms with Crippen molar-refractivity contribution in [2.75, 3.05) is 24.3 Å². The summed E-state index contributed by atoms with van der Waals surface area (Å²) in [4.78, 5) is 17.7. The van der Waals surface area contributed by atoms with Crippen LogP contribution in [0.15, 0.2) is 58.9 Å². The standard InChI is InChI=1S/C27H32N4O4S/c1-6-33-22-15-20(12-13-21(22)35-16-19-11-9-10-17(4)14-19)24-23(25(32)34-7-2)18(5)28-26-29-27(36-8-3)30-31(24)26/h9-15,24H,6-8,16H2,1-5H3,(H,28,29,30). The number of carbonyl (C=O) groups excluding carboxylic acids is 1. The van der Waals surface area contributed by atoms with E-state index in [-0.39, 0.29) is 6.61 Å². The van der Waals surface area contributed by atoms with Gasteiger partial charge in [0.1, 0.15) is 12.6 Å². The first-order chi connectivity index (χ1) is 17.4.